The number of hydrogen-bond acceptors (Lipinski definition) is 4. The molecular weight excluding hydrogens is 404 g/mol. The lowest BCUT2D eigenvalue weighted by atomic mass is 9.92. The monoisotopic (exact) mass is 434 g/mol. The first-order valence-corrected chi connectivity index (χ1v) is 11.2. The van der Waals surface area contributed by atoms with Crippen molar-refractivity contribution in [3.63, 3.8) is 0 Å². The van der Waals surface area contributed by atoms with E-state index < -0.39 is 12.0 Å². The molecule has 2 N–H and O–H groups in total. The second-order valence-corrected chi connectivity index (χ2v) is 8.63. The van der Waals surface area contributed by atoms with E-state index in [0.29, 0.717) is 5.69 Å². The molecule has 0 bridgehead atoms. The number of carbonyl (C=O) groups is 3. The van der Waals surface area contributed by atoms with Gasteiger partial charge in [-0.15, -0.1) is 0 Å². The molecule has 2 aliphatic rings. The van der Waals surface area contributed by atoms with E-state index in [1.54, 1.807) is 18.9 Å². The maximum atomic E-state index is 13.0. The number of amides is 3. The minimum Gasteiger partial charge on any atom is -0.371 e. The van der Waals surface area contributed by atoms with Crippen molar-refractivity contribution in [1.29, 1.82) is 0 Å². The highest BCUT2D eigenvalue weighted by molar-refractivity contribution is 5.98. The van der Waals surface area contributed by atoms with Gasteiger partial charge in [-0.25, -0.2) is 0 Å². The number of nitrogens with zero attached hydrogens (tertiary/aromatic N) is 2. The molecule has 3 amide bonds. The zero-order valence-corrected chi connectivity index (χ0v) is 18.6. The Morgan fingerprint density at radius 1 is 1.03 bits per heavy atom. The average Bonchev–Trinajstić information content (AvgIpc) is 3.43. The summed E-state index contributed by atoms with van der Waals surface area (Å²) in [7, 11) is 1.72. The fraction of sp³-hybridized carbons (Fsp3) is 0.400. The minimum absolute atomic E-state index is 0.0742. The number of benzene rings is 2. The second kappa shape index (κ2) is 9.42. The lowest BCUT2D eigenvalue weighted by Crippen LogP contribution is -2.45. The standard InChI is InChI=1S/C25H30N4O3/c1-17(24(31)27-19-11-8-12-20(15-19)29-13-6-7-14-29)26-25(32)21-16-22(30)28(2)23(21)18-9-4-3-5-10-18/h3-5,8-12,15,17,21,23H,6-7,13-14,16H2,1-2H3,(H,26,32)(H,27,31). The summed E-state index contributed by atoms with van der Waals surface area (Å²) in [4.78, 5) is 42.1. The molecule has 2 fully saturated rings. The van der Waals surface area contributed by atoms with Gasteiger partial charge in [0.15, 0.2) is 0 Å². The summed E-state index contributed by atoms with van der Waals surface area (Å²) in [6, 6.07) is 16.3. The van der Waals surface area contributed by atoms with Crippen LogP contribution in [0.4, 0.5) is 11.4 Å². The predicted octanol–water partition coefficient (Wildman–Crippen LogP) is 2.95. The van der Waals surface area contributed by atoms with Crippen LogP contribution >= 0.6 is 0 Å². The van der Waals surface area contributed by atoms with Gasteiger partial charge in [0.25, 0.3) is 0 Å². The van der Waals surface area contributed by atoms with Gasteiger partial charge in [0.2, 0.25) is 17.7 Å². The molecule has 7 heteroatoms. The van der Waals surface area contributed by atoms with E-state index in [1.165, 1.54) is 12.8 Å². The molecule has 3 atom stereocenters. The van der Waals surface area contributed by atoms with Gasteiger partial charge in [-0.05, 0) is 43.5 Å². The summed E-state index contributed by atoms with van der Waals surface area (Å²) in [6.07, 6.45) is 2.50. The summed E-state index contributed by atoms with van der Waals surface area (Å²) in [5.41, 5.74) is 2.71. The normalized spacial score (nSPS) is 21.5. The van der Waals surface area contributed by atoms with Crippen LogP contribution in [0.2, 0.25) is 0 Å². The van der Waals surface area contributed by atoms with E-state index in [4.69, 9.17) is 0 Å². The van der Waals surface area contributed by atoms with Gasteiger partial charge in [-0.1, -0.05) is 36.4 Å². The molecule has 3 unspecified atom stereocenters. The molecule has 0 aliphatic carbocycles. The first kappa shape index (κ1) is 21.9. The van der Waals surface area contributed by atoms with Crippen LogP contribution in [0.25, 0.3) is 0 Å². The summed E-state index contributed by atoms with van der Waals surface area (Å²) in [6.45, 7) is 3.72. The van der Waals surface area contributed by atoms with E-state index in [9.17, 15) is 14.4 Å². The first-order valence-electron chi connectivity index (χ1n) is 11.2. The number of rotatable bonds is 6. The van der Waals surface area contributed by atoms with Gasteiger partial charge in [0, 0.05) is 37.9 Å². The van der Waals surface area contributed by atoms with Crippen LogP contribution < -0.4 is 15.5 Å². The molecule has 2 aliphatic heterocycles. The topological polar surface area (TPSA) is 81.8 Å². The average molecular weight is 435 g/mol. The molecule has 4 rings (SSSR count). The Bertz CT molecular complexity index is 988. The summed E-state index contributed by atoms with van der Waals surface area (Å²) < 4.78 is 0. The van der Waals surface area contributed by atoms with Gasteiger partial charge in [-0.3, -0.25) is 14.4 Å². The van der Waals surface area contributed by atoms with E-state index in [2.05, 4.69) is 15.5 Å². The zero-order valence-electron chi connectivity index (χ0n) is 18.6. The molecule has 0 spiro atoms. The van der Waals surface area contributed by atoms with Gasteiger partial charge in [-0.2, -0.15) is 0 Å². The molecule has 2 aromatic rings. The highest BCUT2D eigenvalue weighted by atomic mass is 16.2. The largest absolute Gasteiger partial charge is 0.371 e. The van der Waals surface area contributed by atoms with Crippen molar-refractivity contribution in [2.75, 3.05) is 30.4 Å². The summed E-state index contributed by atoms with van der Waals surface area (Å²) >= 11 is 0. The van der Waals surface area contributed by atoms with Crippen LogP contribution in [0.3, 0.4) is 0 Å². The minimum atomic E-state index is -0.727. The lowest BCUT2D eigenvalue weighted by Gasteiger charge is -2.26. The molecule has 32 heavy (non-hydrogen) atoms. The van der Waals surface area contributed by atoms with E-state index in [0.717, 1.165) is 24.3 Å². The Morgan fingerprint density at radius 2 is 1.75 bits per heavy atom. The van der Waals surface area contributed by atoms with Crippen LogP contribution in [0.15, 0.2) is 54.6 Å². The number of likely N-dealkylation sites (tertiary alicyclic amines) is 1. The highest BCUT2D eigenvalue weighted by Gasteiger charge is 2.43. The van der Waals surface area contributed by atoms with E-state index in [1.807, 2.05) is 54.6 Å². The summed E-state index contributed by atoms with van der Waals surface area (Å²) in [5, 5.41) is 5.72. The van der Waals surface area contributed by atoms with Crippen molar-refractivity contribution in [1.82, 2.24) is 10.2 Å². The Hall–Kier alpha value is -3.35. The van der Waals surface area contributed by atoms with Crippen molar-refractivity contribution in [2.45, 2.75) is 38.3 Å². The molecule has 2 heterocycles. The van der Waals surface area contributed by atoms with Crippen molar-refractivity contribution in [2.24, 2.45) is 5.92 Å². The van der Waals surface area contributed by atoms with Crippen LogP contribution in [-0.4, -0.2) is 48.8 Å². The Morgan fingerprint density at radius 3 is 2.47 bits per heavy atom. The van der Waals surface area contributed by atoms with Crippen LogP contribution in [0.5, 0.6) is 0 Å². The number of anilines is 2. The third-order valence-corrected chi connectivity index (χ3v) is 6.40. The summed E-state index contributed by atoms with van der Waals surface area (Å²) in [5.74, 6) is -1.19. The fourth-order valence-electron chi connectivity index (χ4n) is 4.60. The third kappa shape index (κ3) is 4.61. The predicted molar refractivity (Wildman–Crippen MR) is 124 cm³/mol. The SMILES string of the molecule is CC(NC(=O)C1CC(=O)N(C)C1c1ccccc1)C(=O)Nc1cccc(N2CCCC2)c1. The number of hydrogen-bond donors (Lipinski definition) is 2. The first-order chi connectivity index (χ1) is 15.4. The Kier molecular flexibility index (Phi) is 6.44. The molecule has 2 aromatic carbocycles. The molecular formula is C25H30N4O3. The van der Waals surface area contributed by atoms with Gasteiger partial charge in [0.05, 0.1) is 12.0 Å². The number of nitrogens with one attached hydrogen (secondary N) is 2. The quantitative estimate of drug-likeness (QED) is 0.733. The zero-order chi connectivity index (χ0) is 22.7. The smallest absolute Gasteiger partial charge is 0.246 e. The van der Waals surface area contributed by atoms with E-state index >= 15 is 0 Å². The molecule has 168 valence electrons. The molecule has 0 saturated carbocycles. The Labute approximate surface area is 188 Å². The number of carbonyl (C=O) groups excluding carboxylic acids is 3. The van der Waals surface area contributed by atoms with Gasteiger partial charge >= 0.3 is 0 Å². The van der Waals surface area contributed by atoms with Crippen molar-refractivity contribution in [3.8, 4) is 0 Å². The van der Waals surface area contributed by atoms with Crippen molar-refractivity contribution >= 4 is 29.1 Å². The lowest BCUT2D eigenvalue weighted by molar-refractivity contribution is -0.130. The maximum Gasteiger partial charge on any atom is 0.246 e. The van der Waals surface area contributed by atoms with Crippen LogP contribution in [0.1, 0.15) is 37.8 Å². The fourth-order valence-corrected chi connectivity index (χ4v) is 4.60. The van der Waals surface area contributed by atoms with Gasteiger partial charge in [0.1, 0.15) is 6.04 Å². The third-order valence-electron chi connectivity index (χ3n) is 6.40. The Balaban J connectivity index is 1.40. The maximum absolute atomic E-state index is 13.0. The molecule has 0 radical (unpaired) electrons. The molecule has 2 saturated heterocycles. The van der Waals surface area contributed by atoms with Crippen LogP contribution in [-0.2, 0) is 14.4 Å². The van der Waals surface area contributed by atoms with Crippen LogP contribution in [0, 0.1) is 5.92 Å². The second-order valence-electron chi connectivity index (χ2n) is 8.63. The van der Waals surface area contributed by atoms with Crippen molar-refractivity contribution in [3.05, 3.63) is 60.2 Å². The molecule has 7 nitrogen and oxygen atoms in total. The van der Waals surface area contributed by atoms with Gasteiger partial charge < -0.3 is 20.4 Å². The van der Waals surface area contributed by atoms with Crippen molar-refractivity contribution < 1.29 is 14.4 Å². The highest BCUT2D eigenvalue weighted by Crippen LogP contribution is 2.37. The molecule has 0 aromatic heterocycles. The van der Waals surface area contributed by atoms with E-state index in [-0.39, 0.29) is 30.2 Å².